The molecule has 0 saturated heterocycles. The average molecular weight is 289 g/mol. The Labute approximate surface area is 130 Å². The second kappa shape index (κ2) is 6.93. The van der Waals surface area contributed by atoms with Crippen LogP contribution in [0.25, 0.3) is 0 Å². The van der Waals surface area contributed by atoms with Gasteiger partial charge in [0.2, 0.25) is 0 Å². The molecule has 3 atom stereocenters. The Kier molecular flexibility index (Phi) is 5.45. The molecule has 2 N–H and O–H groups in total. The molecule has 2 rings (SSSR count). The van der Waals surface area contributed by atoms with E-state index in [1.54, 1.807) is 0 Å². The summed E-state index contributed by atoms with van der Waals surface area (Å²) in [6, 6.07) is 9.44. The summed E-state index contributed by atoms with van der Waals surface area (Å²) >= 11 is 0. The first-order valence-corrected chi connectivity index (χ1v) is 8.42. The molecule has 1 aromatic rings. The van der Waals surface area contributed by atoms with Gasteiger partial charge in [-0.05, 0) is 36.3 Å². The molecular formula is C19H31NO. The first kappa shape index (κ1) is 16.5. The van der Waals surface area contributed by atoms with E-state index in [1.165, 1.54) is 24.0 Å². The molecule has 0 radical (unpaired) electrons. The summed E-state index contributed by atoms with van der Waals surface area (Å²) in [6.45, 7) is 8.92. The number of hydrogen-bond donors (Lipinski definition) is 2. The zero-order valence-corrected chi connectivity index (χ0v) is 14.0. The third-order valence-corrected chi connectivity index (χ3v) is 4.72. The van der Waals surface area contributed by atoms with Crippen molar-refractivity contribution in [3.63, 3.8) is 0 Å². The molecule has 0 aliphatic heterocycles. The molecule has 1 aromatic carbocycles. The van der Waals surface area contributed by atoms with Gasteiger partial charge in [-0.1, -0.05) is 64.3 Å². The maximum absolute atomic E-state index is 10.2. The Balaban J connectivity index is 2.00. The number of aliphatic hydroxyl groups excluding tert-OH is 1. The lowest BCUT2D eigenvalue weighted by Gasteiger charge is -2.27. The third kappa shape index (κ3) is 4.55. The van der Waals surface area contributed by atoms with Crippen LogP contribution >= 0.6 is 0 Å². The van der Waals surface area contributed by atoms with E-state index in [2.05, 4.69) is 57.3 Å². The number of benzene rings is 1. The Bertz CT molecular complexity index is 432. The molecule has 0 bridgehead atoms. The number of hydrogen-bond acceptors (Lipinski definition) is 2. The average Bonchev–Trinajstić information content (AvgIpc) is 2.63. The minimum Gasteiger partial charge on any atom is -0.392 e. The lowest BCUT2D eigenvalue weighted by Crippen LogP contribution is -2.40. The summed E-state index contributed by atoms with van der Waals surface area (Å²) in [6.07, 6.45) is 5.48. The van der Waals surface area contributed by atoms with Gasteiger partial charge >= 0.3 is 0 Å². The summed E-state index contributed by atoms with van der Waals surface area (Å²) in [5.41, 5.74) is 2.87. The lowest BCUT2D eigenvalue weighted by molar-refractivity contribution is 0.115. The Hall–Kier alpha value is -0.860. The van der Waals surface area contributed by atoms with Gasteiger partial charge in [0.1, 0.15) is 0 Å². The maximum Gasteiger partial charge on any atom is 0.0693 e. The van der Waals surface area contributed by atoms with Gasteiger partial charge in [0.05, 0.1) is 6.10 Å². The predicted octanol–water partition coefficient (Wildman–Crippen LogP) is 4.33. The molecule has 1 aliphatic carbocycles. The van der Waals surface area contributed by atoms with E-state index >= 15 is 0 Å². The van der Waals surface area contributed by atoms with Crippen molar-refractivity contribution in [2.24, 2.45) is 0 Å². The van der Waals surface area contributed by atoms with Crippen LogP contribution in [0, 0.1) is 0 Å². The molecule has 1 saturated carbocycles. The summed E-state index contributed by atoms with van der Waals surface area (Å²) in [5.74, 6) is 0. The molecule has 0 heterocycles. The van der Waals surface area contributed by atoms with Crippen molar-refractivity contribution in [1.29, 1.82) is 0 Å². The minimum atomic E-state index is -0.191. The van der Waals surface area contributed by atoms with E-state index < -0.39 is 0 Å². The van der Waals surface area contributed by atoms with E-state index in [4.69, 9.17) is 0 Å². The van der Waals surface area contributed by atoms with Crippen LogP contribution in [0.1, 0.15) is 77.0 Å². The molecule has 0 amide bonds. The van der Waals surface area contributed by atoms with E-state index in [0.29, 0.717) is 0 Å². The minimum absolute atomic E-state index is 0.191. The van der Waals surface area contributed by atoms with Gasteiger partial charge in [-0.2, -0.15) is 0 Å². The zero-order chi connectivity index (χ0) is 15.5. The molecule has 21 heavy (non-hydrogen) atoms. The van der Waals surface area contributed by atoms with E-state index in [9.17, 15) is 5.11 Å². The van der Waals surface area contributed by atoms with E-state index in [-0.39, 0.29) is 23.6 Å². The SMILES string of the molecule is CC(NC1CCCCCC1O)c1ccc(C(C)(C)C)cc1. The highest BCUT2D eigenvalue weighted by molar-refractivity contribution is 5.29. The van der Waals surface area contributed by atoms with E-state index in [1.807, 2.05) is 0 Å². The summed E-state index contributed by atoms with van der Waals surface area (Å²) < 4.78 is 0. The van der Waals surface area contributed by atoms with Crippen LogP contribution < -0.4 is 5.32 Å². The fourth-order valence-corrected chi connectivity index (χ4v) is 3.17. The Morgan fingerprint density at radius 1 is 1.05 bits per heavy atom. The highest BCUT2D eigenvalue weighted by Crippen LogP contribution is 2.25. The van der Waals surface area contributed by atoms with Gasteiger partial charge in [-0.3, -0.25) is 0 Å². The van der Waals surface area contributed by atoms with Gasteiger partial charge in [-0.15, -0.1) is 0 Å². The van der Waals surface area contributed by atoms with Crippen LogP contribution in [0.3, 0.4) is 0 Å². The molecule has 2 nitrogen and oxygen atoms in total. The van der Waals surface area contributed by atoms with Gasteiger partial charge in [0, 0.05) is 12.1 Å². The maximum atomic E-state index is 10.2. The van der Waals surface area contributed by atoms with Crippen molar-refractivity contribution >= 4 is 0 Å². The van der Waals surface area contributed by atoms with Crippen LogP contribution in [-0.4, -0.2) is 17.3 Å². The Morgan fingerprint density at radius 2 is 1.67 bits per heavy atom. The van der Waals surface area contributed by atoms with Crippen molar-refractivity contribution in [2.75, 3.05) is 0 Å². The normalized spacial score (nSPS) is 25.4. The van der Waals surface area contributed by atoms with Crippen LogP contribution in [-0.2, 0) is 5.41 Å². The van der Waals surface area contributed by atoms with Crippen molar-refractivity contribution in [3.8, 4) is 0 Å². The number of aliphatic hydroxyl groups is 1. The van der Waals surface area contributed by atoms with E-state index in [0.717, 1.165) is 19.3 Å². The molecule has 0 aromatic heterocycles. The summed E-state index contributed by atoms with van der Waals surface area (Å²) in [5, 5.41) is 13.9. The van der Waals surface area contributed by atoms with Crippen LogP contribution in [0.2, 0.25) is 0 Å². The van der Waals surface area contributed by atoms with Crippen LogP contribution in [0.4, 0.5) is 0 Å². The van der Waals surface area contributed by atoms with Gasteiger partial charge in [0.15, 0.2) is 0 Å². The number of rotatable bonds is 3. The quantitative estimate of drug-likeness (QED) is 0.812. The fourth-order valence-electron chi connectivity index (χ4n) is 3.17. The number of nitrogens with one attached hydrogen (secondary N) is 1. The fraction of sp³-hybridized carbons (Fsp3) is 0.684. The standard InChI is InChI=1S/C19H31NO/c1-14(20-17-8-6-5-7-9-18(17)21)15-10-12-16(13-11-15)19(2,3)4/h10-14,17-18,20-21H,5-9H2,1-4H3. The summed E-state index contributed by atoms with van der Waals surface area (Å²) in [7, 11) is 0. The molecule has 1 fully saturated rings. The van der Waals surface area contributed by atoms with Crippen molar-refractivity contribution in [3.05, 3.63) is 35.4 Å². The third-order valence-electron chi connectivity index (χ3n) is 4.72. The van der Waals surface area contributed by atoms with Gasteiger partial charge in [-0.25, -0.2) is 0 Å². The highest BCUT2D eigenvalue weighted by Gasteiger charge is 2.23. The first-order valence-electron chi connectivity index (χ1n) is 8.42. The van der Waals surface area contributed by atoms with Crippen LogP contribution in [0.5, 0.6) is 0 Å². The zero-order valence-electron chi connectivity index (χ0n) is 14.0. The molecule has 0 spiro atoms. The monoisotopic (exact) mass is 289 g/mol. The second-order valence-corrected chi connectivity index (χ2v) is 7.57. The smallest absolute Gasteiger partial charge is 0.0693 e. The topological polar surface area (TPSA) is 32.3 Å². The van der Waals surface area contributed by atoms with Crippen molar-refractivity contribution in [2.45, 2.75) is 83.4 Å². The van der Waals surface area contributed by atoms with Crippen molar-refractivity contribution < 1.29 is 5.11 Å². The first-order chi connectivity index (χ1) is 9.88. The molecule has 3 unspecified atom stereocenters. The second-order valence-electron chi connectivity index (χ2n) is 7.57. The predicted molar refractivity (Wildman–Crippen MR) is 89.6 cm³/mol. The Morgan fingerprint density at radius 3 is 2.29 bits per heavy atom. The molecule has 1 aliphatic rings. The molecule has 118 valence electrons. The van der Waals surface area contributed by atoms with Gasteiger partial charge < -0.3 is 10.4 Å². The van der Waals surface area contributed by atoms with Gasteiger partial charge in [0.25, 0.3) is 0 Å². The summed E-state index contributed by atoms with van der Waals surface area (Å²) in [4.78, 5) is 0. The lowest BCUT2D eigenvalue weighted by atomic mass is 9.86. The molecule has 2 heteroatoms. The van der Waals surface area contributed by atoms with Crippen molar-refractivity contribution in [1.82, 2.24) is 5.32 Å². The highest BCUT2D eigenvalue weighted by atomic mass is 16.3. The van der Waals surface area contributed by atoms with Crippen LogP contribution in [0.15, 0.2) is 24.3 Å². The largest absolute Gasteiger partial charge is 0.392 e. The molecular weight excluding hydrogens is 258 g/mol.